The van der Waals surface area contributed by atoms with Crippen LogP contribution in [-0.4, -0.2) is 13.5 Å². The summed E-state index contributed by atoms with van der Waals surface area (Å²) in [5, 5.41) is 2.54. The highest BCUT2D eigenvalue weighted by Gasteiger charge is 2.13. The van der Waals surface area contributed by atoms with E-state index in [1.807, 2.05) is 61.5 Å². The molecule has 2 aromatic rings. The van der Waals surface area contributed by atoms with E-state index in [1.165, 1.54) is 0 Å². The molecule has 2 rings (SSSR count). The first-order valence-corrected chi connectivity index (χ1v) is 6.48. The number of benzene rings is 2. The summed E-state index contributed by atoms with van der Waals surface area (Å²) in [6.45, 7) is 0.240. The molecule has 0 aliphatic carbocycles. The summed E-state index contributed by atoms with van der Waals surface area (Å²) in [5.74, 6) is 0.824. The van der Waals surface area contributed by atoms with Gasteiger partial charge in [0.1, 0.15) is 11.9 Å². The molecule has 0 unspecified atom stereocenters. The van der Waals surface area contributed by atoms with Crippen molar-refractivity contribution in [3.05, 3.63) is 65.7 Å². The Morgan fingerprint density at radius 1 is 1.10 bits per heavy atom. The van der Waals surface area contributed by atoms with E-state index in [-0.39, 0.29) is 18.5 Å². The molecular formula is C17H22ClNO. The molecule has 20 heavy (non-hydrogen) atoms. The molecule has 0 saturated heterocycles. The van der Waals surface area contributed by atoms with Crippen LogP contribution in [0.1, 0.15) is 27.8 Å². The SMILES string of the molecule is Cl.[2H]C([2H])([2H])NCC[C@@H](Oc1ccccc1C)c1ccccc1. The predicted octanol–water partition coefficient (Wildman–Crippen LogP) is 4.15. The van der Waals surface area contributed by atoms with Crippen LogP contribution in [0.25, 0.3) is 0 Å². The van der Waals surface area contributed by atoms with Gasteiger partial charge < -0.3 is 10.1 Å². The maximum absolute atomic E-state index is 7.22. The number of para-hydroxylation sites is 1. The Morgan fingerprint density at radius 2 is 1.80 bits per heavy atom. The first kappa shape index (κ1) is 12.2. The molecule has 0 aliphatic rings. The molecule has 108 valence electrons. The normalized spacial score (nSPS) is 14.3. The lowest BCUT2D eigenvalue weighted by Crippen LogP contribution is -2.16. The Labute approximate surface area is 131 Å². The Hall–Kier alpha value is -1.51. The summed E-state index contributed by atoms with van der Waals surface area (Å²) in [5.41, 5.74) is 2.10. The zero-order valence-corrected chi connectivity index (χ0v) is 12.3. The predicted molar refractivity (Wildman–Crippen MR) is 86.8 cm³/mol. The van der Waals surface area contributed by atoms with Gasteiger partial charge in [-0.3, -0.25) is 0 Å². The van der Waals surface area contributed by atoms with Crippen LogP contribution in [0.5, 0.6) is 5.75 Å². The summed E-state index contributed by atoms with van der Waals surface area (Å²) >= 11 is 0. The van der Waals surface area contributed by atoms with Crippen molar-refractivity contribution in [1.29, 1.82) is 0 Å². The van der Waals surface area contributed by atoms with Crippen molar-refractivity contribution in [3.8, 4) is 5.75 Å². The molecule has 3 heteroatoms. The smallest absolute Gasteiger partial charge is 0.125 e. The second-order valence-corrected chi connectivity index (χ2v) is 4.50. The van der Waals surface area contributed by atoms with Crippen molar-refractivity contribution in [2.24, 2.45) is 0 Å². The molecule has 0 aromatic heterocycles. The van der Waals surface area contributed by atoms with Crippen molar-refractivity contribution in [2.45, 2.75) is 19.4 Å². The van der Waals surface area contributed by atoms with Gasteiger partial charge in [0, 0.05) is 10.5 Å². The Kier molecular flexibility index (Phi) is 5.28. The molecule has 1 atom stereocenters. The van der Waals surface area contributed by atoms with E-state index >= 15 is 0 Å². The van der Waals surface area contributed by atoms with Gasteiger partial charge in [-0.1, -0.05) is 48.5 Å². The number of hydrogen-bond acceptors (Lipinski definition) is 2. The summed E-state index contributed by atoms with van der Waals surface area (Å²) in [7, 11) is 0. The zero-order valence-electron chi connectivity index (χ0n) is 14.5. The quantitative estimate of drug-likeness (QED) is 0.864. The Bertz CT molecular complexity index is 590. The molecule has 0 heterocycles. The fourth-order valence-corrected chi connectivity index (χ4v) is 2.01. The van der Waals surface area contributed by atoms with Crippen LogP contribution in [0, 0.1) is 6.92 Å². The minimum atomic E-state index is -2.12. The second kappa shape index (κ2) is 8.62. The van der Waals surface area contributed by atoms with Crippen molar-refractivity contribution in [3.63, 3.8) is 0 Å². The average molecular weight is 295 g/mol. The Morgan fingerprint density at radius 3 is 2.50 bits per heavy atom. The molecule has 2 aromatic carbocycles. The van der Waals surface area contributed by atoms with Gasteiger partial charge in [0.25, 0.3) is 0 Å². The minimum absolute atomic E-state index is 0. The first-order chi connectivity index (χ1) is 10.5. The highest BCUT2D eigenvalue weighted by Crippen LogP contribution is 2.26. The number of hydrogen-bond donors (Lipinski definition) is 1. The van der Waals surface area contributed by atoms with Gasteiger partial charge >= 0.3 is 0 Å². The van der Waals surface area contributed by atoms with Crippen molar-refractivity contribution < 1.29 is 8.85 Å². The summed E-state index contributed by atoms with van der Waals surface area (Å²) in [6, 6.07) is 17.7. The average Bonchev–Trinajstić information content (AvgIpc) is 2.48. The third-order valence-corrected chi connectivity index (χ3v) is 3.07. The van der Waals surface area contributed by atoms with E-state index < -0.39 is 6.98 Å². The molecule has 0 amide bonds. The van der Waals surface area contributed by atoms with Crippen LogP contribution in [0.3, 0.4) is 0 Å². The number of aryl methyl sites for hydroxylation is 1. The van der Waals surface area contributed by atoms with Gasteiger partial charge in [0.2, 0.25) is 0 Å². The fourth-order valence-electron chi connectivity index (χ4n) is 2.01. The largest absolute Gasteiger partial charge is 0.485 e. The molecular weight excluding hydrogens is 270 g/mol. The third-order valence-electron chi connectivity index (χ3n) is 3.07. The van der Waals surface area contributed by atoms with Crippen LogP contribution in [0.4, 0.5) is 0 Å². The first-order valence-electron chi connectivity index (χ1n) is 7.98. The van der Waals surface area contributed by atoms with Gasteiger partial charge in [0.15, 0.2) is 0 Å². The van der Waals surface area contributed by atoms with Gasteiger partial charge in [-0.05, 0) is 37.6 Å². The molecule has 2 nitrogen and oxygen atoms in total. The molecule has 0 bridgehead atoms. The second-order valence-electron chi connectivity index (χ2n) is 4.50. The fraction of sp³-hybridized carbons (Fsp3) is 0.294. The van der Waals surface area contributed by atoms with E-state index in [0.717, 1.165) is 16.9 Å². The number of halogens is 1. The van der Waals surface area contributed by atoms with Crippen LogP contribution < -0.4 is 10.1 Å². The highest BCUT2D eigenvalue weighted by atomic mass is 35.5. The highest BCUT2D eigenvalue weighted by molar-refractivity contribution is 5.85. The molecule has 0 spiro atoms. The minimum Gasteiger partial charge on any atom is -0.485 e. The number of rotatable bonds is 6. The van der Waals surface area contributed by atoms with Crippen molar-refractivity contribution in [1.82, 2.24) is 5.32 Å². The zero-order chi connectivity index (χ0) is 16.0. The molecule has 0 saturated carbocycles. The third kappa shape index (κ3) is 4.55. The van der Waals surface area contributed by atoms with Gasteiger partial charge in [-0.25, -0.2) is 0 Å². The van der Waals surface area contributed by atoms with Crippen LogP contribution in [0.15, 0.2) is 54.6 Å². The van der Waals surface area contributed by atoms with E-state index in [0.29, 0.717) is 13.0 Å². The number of ether oxygens (including phenoxy) is 1. The summed E-state index contributed by atoms with van der Waals surface area (Å²) < 4.78 is 27.8. The lowest BCUT2D eigenvalue weighted by molar-refractivity contribution is 0.193. The molecule has 1 N–H and O–H groups in total. The maximum Gasteiger partial charge on any atom is 0.125 e. The van der Waals surface area contributed by atoms with E-state index in [4.69, 9.17) is 8.85 Å². The van der Waals surface area contributed by atoms with E-state index in [2.05, 4.69) is 5.32 Å². The van der Waals surface area contributed by atoms with Gasteiger partial charge in [-0.2, -0.15) is 0 Å². The van der Waals surface area contributed by atoms with Gasteiger partial charge in [-0.15, -0.1) is 12.4 Å². The molecule has 0 fully saturated rings. The molecule has 0 aliphatic heterocycles. The maximum atomic E-state index is 7.22. The Balaban J connectivity index is 0.00000264. The van der Waals surface area contributed by atoms with Crippen LogP contribution in [-0.2, 0) is 0 Å². The van der Waals surface area contributed by atoms with E-state index in [9.17, 15) is 0 Å². The van der Waals surface area contributed by atoms with Crippen LogP contribution >= 0.6 is 12.4 Å². The lowest BCUT2D eigenvalue weighted by Gasteiger charge is -2.20. The van der Waals surface area contributed by atoms with Crippen molar-refractivity contribution >= 4 is 12.4 Å². The van der Waals surface area contributed by atoms with Crippen LogP contribution in [0.2, 0.25) is 0 Å². The summed E-state index contributed by atoms with van der Waals surface area (Å²) in [6.07, 6.45) is 0.397. The topological polar surface area (TPSA) is 21.3 Å². The number of nitrogens with one attached hydrogen (secondary N) is 1. The summed E-state index contributed by atoms with van der Waals surface area (Å²) in [4.78, 5) is 0. The lowest BCUT2D eigenvalue weighted by atomic mass is 10.1. The van der Waals surface area contributed by atoms with Gasteiger partial charge in [0.05, 0.1) is 0 Å². The van der Waals surface area contributed by atoms with Crippen molar-refractivity contribution in [2.75, 3.05) is 13.5 Å². The van der Waals surface area contributed by atoms with E-state index in [1.54, 1.807) is 0 Å². The standard InChI is InChI=1S/C17H21NO.ClH/c1-14-8-6-7-11-16(14)19-17(12-13-18-2)15-9-4-3-5-10-15;/h3-11,17-18H,12-13H2,1-2H3;1H/t17-;/m1./s1/i2D3;. The molecule has 0 radical (unpaired) electrons. The monoisotopic (exact) mass is 294 g/mol.